The Hall–Kier alpha value is -2.25. The van der Waals surface area contributed by atoms with E-state index in [0.29, 0.717) is 23.5 Å². The summed E-state index contributed by atoms with van der Waals surface area (Å²) in [6, 6.07) is 8.30. The summed E-state index contributed by atoms with van der Waals surface area (Å²) >= 11 is 0. The summed E-state index contributed by atoms with van der Waals surface area (Å²) in [5, 5.41) is 24.2. The van der Waals surface area contributed by atoms with Crippen LogP contribution in [0.3, 0.4) is 0 Å². The summed E-state index contributed by atoms with van der Waals surface area (Å²) in [6.45, 7) is 1.96. The molecule has 0 saturated carbocycles. The Bertz CT molecular complexity index is 1330. The number of rotatable bonds is 12. The smallest absolute Gasteiger partial charge is 0.340 e. The lowest BCUT2D eigenvalue weighted by Gasteiger charge is -2.18. The van der Waals surface area contributed by atoms with E-state index in [-0.39, 0.29) is 0 Å². The maximum absolute atomic E-state index is 11.9. The molecule has 14 nitrogen and oxygen atoms in total. The monoisotopic (exact) mass is 571 g/mol. The highest BCUT2D eigenvalue weighted by Gasteiger charge is 2.45. The molecule has 0 aliphatic carbocycles. The fourth-order valence-corrected chi connectivity index (χ4v) is 6.69. The minimum Gasteiger partial charge on any atom is -0.387 e. The van der Waals surface area contributed by atoms with Gasteiger partial charge in [-0.25, -0.2) is 15.0 Å². The molecule has 3 aromatic rings. The molecule has 3 heterocycles. The van der Waals surface area contributed by atoms with E-state index in [9.17, 15) is 24.2 Å². The first kappa shape index (κ1) is 28.8. The lowest BCUT2D eigenvalue weighted by Crippen LogP contribution is -2.33. The van der Waals surface area contributed by atoms with E-state index in [2.05, 4.69) is 39.3 Å². The Morgan fingerprint density at radius 1 is 1.05 bits per heavy atom. The van der Waals surface area contributed by atoms with Crippen LogP contribution in [0.2, 0.25) is 0 Å². The molecular formula is C22H31N5O9P2. The number of aryl methyl sites for hydroxylation is 1. The molecule has 6 N–H and O–H groups in total. The maximum Gasteiger partial charge on any atom is 0.340 e. The van der Waals surface area contributed by atoms with Crippen molar-refractivity contribution in [2.75, 3.05) is 17.8 Å². The first-order chi connectivity index (χ1) is 18.0. The molecule has 1 fully saturated rings. The van der Waals surface area contributed by atoms with Crippen molar-refractivity contribution >= 4 is 32.2 Å². The lowest BCUT2D eigenvalue weighted by atomic mass is 10.1. The van der Waals surface area contributed by atoms with Gasteiger partial charge in [0.05, 0.1) is 12.9 Å². The van der Waals surface area contributed by atoms with Crippen LogP contribution in [-0.4, -0.2) is 75.2 Å². The van der Waals surface area contributed by atoms with E-state index in [1.54, 1.807) is 0 Å². The molecule has 0 spiro atoms. The molecule has 1 aliphatic heterocycles. The van der Waals surface area contributed by atoms with Crippen molar-refractivity contribution in [2.24, 2.45) is 0 Å². The predicted octanol–water partition coefficient (Wildman–Crippen LogP) is 1.74. The van der Waals surface area contributed by atoms with Gasteiger partial charge in [0, 0.05) is 6.54 Å². The van der Waals surface area contributed by atoms with Crippen LogP contribution in [0.15, 0.2) is 36.9 Å². The van der Waals surface area contributed by atoms with Crippen molar-refractivity contribution in [2.45, 2.75) is 57.3 Å². The van der Waals surface area contributed by atoms with Gasteiger partial charge in [-0.2, -0.15) is 0 Å². The molecule has 5 atom stereocenters. The fourth-order valence-electron chi connectivity index (χ4n) is 4.12. The van der Waals surface area contributed by atoms with Gasteiger partial charge in [-0.3, -0.25) is 13.7 Å². The second kappa shape index (κ2) is 11.9. The fraction of sp³-hybridized carbons (Fsp3) is 0.500. The van der Waals surface area contributed by atoms with Gasteiger partial charge in [-0.15, -0.1) is 0 Å². The van der Waals surface area contributed by atoms with Gasteiger partial charge in [-0.05, 0) is 24.0 Å². The SMILES string of the molecule is CCCCc1ccc(CNc2ncnc3c2ncn3[C@@H]2O[C@H](COP(=O)(O)CP(=O)(O)O)[C@@H](O)[C@H]2O)cc1. The Labute approximate surface area is 218 Å². The summed E-state index contributed by atoms with van der Waals surface area (Å²) in [5.41, 5.74) is 3.04. The van der Waals surface area contributed by atoms with Gasteiger partial charge < -0.3 is 39.5 Å². The number of ether oxygens (including phenoxy) is 1. The number of hydrogen-bond acceptors (Lipinski definition) is 10. The van der Waals surface area contributed by atoms with Gasteiger partial charge in [0.1, 0.15) is 24.6 Å². The van der Waals surface area contributed by atoms with E-state index in [0.717, 1.165) is 24.8 Å². The topological polar surface area (TPSA) is 209 Å². The number of benzene rings is 1. The maximum atomic E-state index is 11.9. The standard InChI is InChI=1S/C22H31N5O9P2/c1-2-3-4-14-5-7-15(8-6-14)9-23-20-17-21(25-11-24-20)27(12-26-17)22-19(29)18(28)16(36-22)10-35-38(33,34)13-37(30,31)32/h5-8,11-12,16,18-19,22,28-29H,2-4,9-10,13H2,1H3,(H,33,34)(H,23,24,25)(H2,30,31,32)/t16-,18-,19-,22-/m1/s1. The molecule has 4 rings (SSSR count). The van der Waals surface area contributed by atoms with Crippen molar-refractivity contribution in [3.8, 4) is 0 Å². The van der Waals surface area contributed by atoms with Gasteiger partial charge in [0.15, 0.2) is 29.1 Å². The molecule has 0 bridgehead atoms. The third kappa shape index (κ3) is 7.03. The number of aliphatic hydroxyl groups is 2. The Balaban J connectivity index is 1.44. The summed E-state index contributed by atoms with van der Waals surface area (Å²) in [7, 11) is -9.48. The van der Waals surface area contributed by atoms with E-state index < -0.39 is 52.2 Å². The van der Waals surface area contributed by atoms with Gasteiger partial charge in [0.25, 0.3) is 0 Å². The van der Waals surface area contributed by atoms with Crippen LogP contribution >= 0.6 is 15.2 Å². The van der Waals surface area contributed by atoms with Crippen LogP contribution in [-0.2, 0) is 31.4 Å². The number of hydrogen-bond donors (Lipinski definition) is 6. The van der Waals surface area contributed by atoms with Crippen LogP contribution in [0.1, 0.15) is 37.1 Å². The Morgan fingerprint density at radius 2 is 1.76 bits per heavy atom. The van der Waals surface area contributed by atoms with Crippen molar-refractivity contribution in [3.63, 3.8) is 0 Å². The lowest BCUT2D eigenvalue weighted by molar-refractivity contribution is -0.0483. The van der Waals surface area contributed by atoms with Crippen molar-refractivity contribution in [3.05, 3.63) is 48.0 Å². The molecule has 1 aromatic carbocycles. The van der Waals surface area contributed by atoms with Gasteiger partial charge in [-0.1, -0.05) is 37.6 Å². The number of aliphatic hydroxyl groups excluding tert-OH is 2. The average molecular weight is 571 g/mol. The van der Waals surface area contributed by atoms with E-state index >= 15 is 0 Å². The number of nitrogens with zero attached hydrogens (tertiary/aromatic N) is 4. The first-order valence-electron chi connectivity index (χ1n) is 12.0. The first-order valence-corrected chi connectivity index (χ1v) is 15.5. The van der Waals surface area contributed by atoms with E-state index in [1.165, 1.54) is 22.8 Å². The second-order valence-corrected chi connectivity index (χ2v) is 13.1. The van der Waals surface area contributed by atoms with E-state index in [4.69, 9.17) is 19.0 Å². The summed E-state index contributed by atoms with van der Waals surface area (Å²) in [6.07, 6.45) is 0.581. The van der Waals surface area contributed by atoms with Crippen molar-refractivity contribution < 1.29 is 43.3 Å². The molecular weight excluding hydrogens is 540 g/mol. The zero-order chi connectivity index (χ0) is 27.5. The molecule has 2 aromatic heterocycles. The van der Waals surface area contributed by atoms with Crippen LogP contribution in [0.5, 0.6) is 0 Å². The number of imidazole rings is 1. The quantitative estimate of drug-likeness (QED) is 0.171. The third-order valence-corrected chi connectivity index (χ3v) is 9.53. The van der Waals surface area contributed by atoms with E-state index in [1.807, 2.05) is 12.1 Å². The zero-order valence-corrected chi connectivity index (χ0v) is 22.4. The molecule has 1 aliphatic rings. The summed E-state index contributed by atoms with van der Waals surface area (Å²) < 4.78 is 34.8. The van der Waals surface area contributed by atoms with Crippen molar-refractivity contribution in [1.82, 2.24) is 19.5 Å². The average Bonchev–Trinajstić information content (AvgIpc) is 3.40. The largest absolute Gasteiger partial charge is 0.387 e. The van der Waals surface area contributed by atoms with Gasteiger partial charge in [0.2, 0.25) is 0 Å². The minimum atomic E-state index is -4.82. The zero-order valence-electron chi connectivity index (χ0n) is 20.6. The van der Waals surface area contributed by atoms with Crippen LogP contribution in [0.25, 0.3) is 11.2 Å². The number of aromatic nitrogens is 4. The van der Waals surface area contributed by atoms with Crippen LogP contribution in [0, 0.1) is 0 Å². The minimum absolute atomic E-state index is 0.310. The second-order valence-electron chi connectivity index (χ2n) is 9.11. The molecule has 38 heavy (non-hydrogen) atoms. The molecule has 0 amide bonds. The normalized spacial score (nSPS) is 23.5. The highest BCUT2D eigenvalue weighted by atomic mass is 31.2. The highest BCUT2D eigenvalue weighted by molar-refractivity contribution is 7.70. The molecule has 208 valence electrons. The molecule has 0 radical (unpaired) electrons. The third-order valence-electron chi connectivity index (χ3n) is 6.08. The Kier molecular flexibility index (Phi) is 8.98. The number of anilines is 1. The van der Waals surface area contributed by atoms with Crippen molar-refractivity contribution in [1.29, 1.82) is 0 Å². The summed E-state index contributed by atoms with van der Waals surface area (Å²) in [4.78, 5) is 40.3. The number of unbranched alkanes of at least 4 members (excludes halogenated alkanes) is 1. The Morgan fingerprint density at radius 3 is 2.45 bits per heavy atom. The molecule has 1 unspecified atom stereocenters. The molecule has 16 heteroatoms. The highest BCUT2D eigenvalue weighted by Crippen LogP contribution is 2.55. The predicted molar refractivity (Wildman–Crippen MR) is 136 cm³/mol. The number of nitrogens with one attached hydrogen (secondary N) is 1. The van der Waals surface area contributed by atoms with Gasteiger partial charge >= 0.3 is 15.2 Å². The van der Waals surface area contributed by atoms with Crippen LogP contribution in [0.4, 0.5) is 5.82 Å². The van der Waals surface area contributed by atoms with Crippen LogP contribution < -0.4 is 5.32 Å². The summed E-state index contributed by atoms with van der Waals surface area (Å²) in [5.74, 6) is -0.924. The number of fused-ring (bicyclic) bond motifs is 1. The molecule has 1 saturated heterocycles.